The van der Waals surface area contributed by atoms with Gasteiger partial charge in [0, 0.05) is 6.42 Å². The average Bonchev–Trinajstić information content (AvgIpc) is 3.35. The van der Waals surface area contributed by atoms with E-state index in [0.717, 1.165) is 44.9 Å². The molecule has 1 heterocycles. The summed E-state index contributed by atoms with van der Waals surface area (Å²) in [6, 6.07) is -0.828. The van der Waals surface area contributed by atoms with Crippen LogP contribution in [-0.4, -0.2) is 87.5 Å². The van der Waals surface area contributed by atoms with Crippen molar-refractivity contribution in [1.82, 2.24) is 5.32 Å². The number of carbonyl (C=O) groups is 1. The smallest absolute Gasteiger partial charge is 0.220 e. The van der Waals surface area contributed by atoms with E-state index in [4.69, 9.17) is 9.47 Å². The lowest BCUT2D eigenvalue weighted by molar-refractivity contribution is -0.302. The van der Waals surface area contributed by atoms with Crippen molar-refractivity contribution < 1.29 is 39.8 Å². The minimum absolute atomic E-state index is 0.188. The third-order valence-electron chi connectivity index (χ3n) is 13.9. The van der Waals surface area contributed by atoms with Crippen molar-refractivity contribution in [3.05, 3.63) is 48.6 Å². The van der Waals surface area contributed by atoms with Crippen LogP contribution in [0.25, 0.3) is 0 Å². The van der Waals surface area contributed by atoms with Gasteiger partial charge in [0.2, 0.25) is 5.91 Å². The van der Waals surface area contributed by atoms with Crippen LogP contribution in [0.4, 0.5) is 0 Å². The van der Waals surface area contributed by atoms with Crippen LogP contribution in [0.2, 0.25) is 0 Å². The van der Waals surface area contributed by atoms with Crippen molar-refractivity contribution in [2.24, 2.45) is 0 Å². The number of aliphatic hydroxyl groups excluding tert-OH is 5. The molecule has 69 heavy (non-hydrogen) atoms. The van der Waals surface area contributed by atoms with Gasteiger partial charge in [0.25, 0.3) is 0 Å². The Bertz CT molecular complexity index is 1220. The Morgan fingerprint density at radius 1 is 0.478 bits per heavy atom. The van der Waals surface area contributed by atoms with Crippen LogP contribution in [0.5, 0.6) is 0 Å². The summed E-state index contributed by atoms with van der Waals surface area (Å²) in [6.07, 6.45) is 59.0. The highest BCUT2D eigenvalue weighted by Crippen LogP contribution is 2.23. The van der Waals surface area contributed by atoms with E-state index in [1.807, 2.05) is 6.08 Å². The Kier molecular flexibility index (Phi) is 47.0. The Morgan fingerprint density at radius 3 is 1.22 bits per heavy atom. The van der Waals surface area contributed by atoms with Crippen LogP contribution in [-0.2, 0) is 14.3 Å². The average molecular weight is 975 g/mol. The number of amides is 1. The van der Waals surface area contributed by atoms with E-state index in [1.165, 1.54) is 205 Å². The van der Waals surface area contributed by atoms with Gasteiger partial charge in [-0.15, -0.1) is 0 Å². The summed E-state index contributed by atoms with van der Waals surface area (Å²) >= 11 is 0. The van der Waals surface area contributed by atoms with Crippen molar-refractivity contribution in [2.75, 3.05) is 13.2 Å². The molecule has 1 saturated heterocycles. The van der Waals surface area contributed by atoms with E-state index in [9.17, 15) is 30.3 Å². The zero-order valence-electron chi connectivity index (χ0n) is 44.8. The first-order valence-corrected chi connectivity index (χ1v) is 29.4. The summed E-state index contributed by atoms with van der Waals surface area (Å²) in [5, 5.41) is 54.4. The van der Waals surface area contributed by atoms with Crippen molar-refractivity contribution in [1.29, 1.82) is 0 Å². The molecule has 0 saturated carbocycles. The van der Waals surface area contributed by atoms with Gasteiger partial charge in [-0.2, -0.15) is 0 Å². The van der Waals surface area contributed by atoms with E-state index < -0.39 is 49.5 Å². The van der Waals surface area contributed by atoms with Gasteiger partial charge < -0.3 is 40.3 Å². The van der Waals surface area contributed by atoms with Gasteiger partial charge in [0.05, 0.1) is 25.4 Å². The molecular weight excluding hydrogens is 863 g/mol. The number of hydrogen-bond acceptors (Lipinski definition) is 8. The minimum atomic E-state index is -1.57. The molecule has 1 aliphatic rings. The summed E-state index contributed by atoms with van der Waals surface area (Å²) in [4.78, 5) is 13.0. The van der Waals surface area contributed by atoms with Gasteiger partial charge >= 0.3 is 0 Å². The summed E-state index contributed by atoms with van der Waals surface area (Å²) in [7, 11) is 0. The Labute approximate surface area is 424 Å². The van der Waals surface area contributed by atoms with E-state index in [-0.39, 0.29) is 12.5 Å². The molecule has 1 rings (SSSR count). The fraction of sp³-hybridized carbons (Fsp3) is 0.850. The predicted octanol–water partition coefficient (Wildman–Crippen LogP) is 14.5. The van der Waals surface area contributed by atoms with Gasteiger partial charge in [-0.1, -0.05) is 242 Å². The van der Waals surface area contributed by atoms with Crippen LogP contribution in [0.3, 0.4) is 0 Å². The number of nitrogens with one attached hydrogen (secondary N) is 1. The van der Waals surface area contributed by atoms with Crippen molar-refractivity contribution in [3.8, 4) is 0 Å². The molecule has 0 aromatic rings. The predicted molar refractivity (Wildman–Crippen MR) is 290 cm³/mol. The molecule has 1 aliphatic heterocycles. The summed E-state index contributed by atoms with van der Waals surface area (Å²) in [6.45, 7) is 3.77. The van der Waals surface area contributed by atoms with Crippen molar-refractivity contribution >= 4 is 5.91 Å². The molecule has 1 amide bonds. The van der Waals surface area contributed by atoms with Crippen LogP contribution in [0, 0.1) is 0 Å². The van der Waals surface area contributed by atoms with E-state index in [0.29, 0.717) is 6.42 Å². The monoisotopic (exact) mass is 974 g/mol. The second kappa shape index (κ2) is 49.7. The molecular formula is C60H111NO8. The normalized spacial score (nSPS) is 19.8. The largest absolute Gasteiger partial charge is 0.394 e. The summed E-state index contributed by atoms with van der Waals surface area (Å²) in [5.74, 6) is -0.188. The highest BCUT2D eigenvalue weighted by molar-refractivity contribution is 5.76. The zero-order chi connectivity index (χ0) is 50.1. The van der Waals surface area contributed by atoms with Gasteiger partial charge in [0.1, 0.15) is 24.4 Å². The van der Waals surface area contributed by atoms with Gasteiger partial charge in [0.15, 0.2) is 6.29 Å². The molecule has 6 N–H and O–H groups in total. The number of aliphatic hydroxyl groups is 5. The maximum absolute atomic E-state index is 13.0. The fourth-order valence-electron chi connectivity index (χ4n) is 9.18. The number of ether oxygens (including phenoxy) is 2. The van der Waals surface area contributed by atoms with Crippen molar-refractivity contribution in [2.45, 2.75) is 314 Å². The minimum Gasteiger partial charge on any atom is -0.394 e. The molecule has 9 heteroatoms. The van der Waals surface area contributed by atoms with E-state index in [2.05, 4.69) is 55.6 Å². The number of allylic oxidation sites excluding steroid dienone is 7. The SMILES string of the molecule is CCCCCCCCC/C=C/CC/C=C/CC/C=C/C(O)C(COC1OC(CO)C(O)C(O)C1O)NC(=O)CCCCCCCCCCCCCCCCCCC/C=C\CCCCCCCCCC. The first kappa shape index (κ1) is 65.2. The highest BCUT2D eigenvalue weighted by Gasteiger charge is 2.44. The van der Waals surface area contributed by atoms with Gasteiger partial charge in [-0.3, -0.25) is 4.79 Å². The third kappa shape index (κ3) is 39.4. The maximum atomic E-state index is 13.0. The lowest BCUT2D eigenvalue weighted by Crippen LogP contribution is -2.60. The molecule has 7 unspecified atom stereocenters. The maximum Gasteiger partial charge on any atom is 0.220 e. The molecule has 0 aromatic carbocycles. The molecule has 0 aromatic heterocycles. The highest BCUT2D eigenvalue weighted by atomic mass is 16.7. The molecule has 7 atom stereocenters. The third-order valence-corrected chi connectivity index (χ3v) is 13.9. The van der Waals surface area contributed by atoms with Gasteiger partial charge in [-0.05, 0) is 70.6 Å². The Balaban J connectivity index is 2.19. The molecule has 0 spiro atoms. The van der Waals surface area contributed by atoms with Crippen molar-refractivity contribution in [3.63, 3.8) is 0 Å². The first-order valence-electron chi connectivity index (χ1n) is 29.4. The van der Waals surface area contributed by atoms with Crippen LogP contribution in [0.1, 0.15) is 271 Å². The zero-order valence-corrected chi connectivity index (χ0v) is 44.8. The lowest BCUT2D eigenvalue weighted by Gasteiger charge is -2.40. The quantitative estimate of drug-likeness (QED) is 0.0261. The standard InChI is InChI=1S/C60H111NO8/c1-3-5-7-9-11-13-15-17-19-21-22-23-24-25-26-27-28-29-30-31-32-34-36-38-40-42-44-46-48-50-56(64)61-53(52-68-60-59(67)58(66)57(65)55(51-62)69-60)54(63)49-47-45-43-41-39-37-35-33-20-18-16-14-12-10-8-6-4-2/h20-22,33,39,41,47,49,53-55,57-60,62-63,65-67H,3-19,23-32,34-38,40,42-46,48,50-52H2,1-2H3,(H,61,64)/b22-21-,33-20+,41-39+,49-47+. The molecule has 0 bridgehead atoms. The number of hydrogen-bond donors (Lipinski definition) is 6. The Morgan fingerprint density at radius 2 is 0.826 bits per heavy atom. The van der Waals surface area contributed by atoms with E-state index >= 15 is 0 Å². The Hall–Kier alpha value is -1.85. The number of unbranched alkanes of at least 4 members (excludes halogenated alkanes) is 34. The molecule has 1 fully saturated rings. The summed E-state index contributed by atoms with van der Waals surface area (Å²) in [5.41, 5.74) is 0. The van der Waals surface area contributed by atoms with Crippen LogP contribution in [0.15, 0.2) is 48.6 Å². The fourth-order valence-corrected chi connectivity index (χ4v) is 9.18. The first-order chi connectivity index (χ1) is 33.8. The molecule has 0 aliphatic carbocycles. The second-order valence-electron chi connectivity index (χ2n) is 20.4. The molecule has 0 radical (unpaired) electrons. The summed E-state index contributed by atoms with van der Waals surface area (Å²) < 4.78 is 11.2. The molecule has 404 valence electrons. The molecule has 9 nitrogen and oxygen atoms in total. The van der Waals surface area contributed by atoms with Crippen LogP contribution < -0.4 is 5.32 Å². The topological polar surface area (TPSA) is 149 Å². The lowest BCUT2D eigenvalue weighted by atomic mass is 9.99. The van der Waals surface area contributed by atoms with E-state index in [1.54, 1.807) is 6.08 Å². The number of rotatable bonds is 50. The number of carbonyl (C=O) groups excluding carboxylic acids is 1. The second-order valence-corrected chi connectivity index (χ2v) is 20.4. The van der Waals surface area contributed by atoms with Gasteiger partial charge in [-0.25, -0.2) is 0 Å². The van der Waals surface area contributed by atoms with Crippen LogP contribution >= 0.6 is 0 Å².